The van der Waals surface area contributed by atoms with Crippen LogP contribution in [0, 0.1) is 5.82 Å². The Morgan fingerprint density at radius 2 is 1.88 bits per heavy atom. The second kappa shape index (κ2) is 9.59. The summed E-state index contributed by atoms with van der Waals surface area (Å²) in [4.78, 5) is 6.67. The van der Waals surface area contributed by atoms with Gasteiger partial charge in [0.1, 0.15) is 5.82 Å². The van der Waals surface area contributed by atoms with Crippen LogP contribution in [0.1, 0.15) is 25.8 Å². The SMILES string of the molecule is CN=C(NCCCN1CC(C)OC(C)C1)NCc1ccc(F)cc1. The first-order valence-electron chi connectivity index (χ1n) is 8.63. The van der Waals surface area contributed by atoms with Gasteiger partial charge in [0.05, 0.1) is 12.2 Å². The number of rotatable bonds is 6. The van der Waals surface area contributed by atoms with Crippen LogP contribution in [0.4, 0.5) is 4.39 Å². The van der Waals surface area contributed by atoms with Crippen molar-refractivity contribution < 1.29 is 9.13 Å². The Balaban J connectivity index is 1.64. The summed E-state index contributed by atoms with van der Waals surface area (Å²) in [6.45, 7) is 8.80. The van der Waals surface area contributed by atoms with Crippen LogP contribution >= 0.6 is 0 Å². The van der Waals surface area contributed by atoms with Gasteiger partial charge < -0.3 is 15.4 Å². The molecule has 1 fully saturated rings. The van der Waals surface area contributed by atoms with Crippen molar-refractivity contribution >= 4 is 5.96 Å². The van der Waals surface area contributed by atoms with Crippen LogP contribution in [0.15, 0.2) is 29.3 Å². The van der Waals surface area contributed by atoms with Crippen LogP contribution in [0.2, 0.25) is 0 Å². The molecule has 6 heteroatoms. The van der Waals surface area contributed by atoms with Gasteiger partial charge in [-0.3, -0.25) is 9.89 Å². The molecule has 24 heavy (non-hydrogen) atoms. The number of nitrogens with zero attached hydrogens (tertiary/aromatic N) is 2. The monoisotopic (exact) mass is 336 g/mol. The molecule has 0 spiro atoms. The van der Waals surface area contributed by atoms with Gasteiger partial charge in [-0.05, 0) is 38.0 Å². The van der Waals surface area contributed by atoms with Crippen molar-refractivity contribution in [3.05, 3.63) is 35.6 Å². The van der Waals surface area contributed by atoms with Crippen LogP contribution in [-0.2, 0) is 11.3 Å². The zero-order valence-corrected chi connectivity index (χ0v) is 14.9. The second-order valence-corrected chi connectivity index (χ2v) is 6.35. The summed E-state index contributed by atoms with van der Waals surface area (Å²) in [5.74, 6) is 0.552. The predicted octanol–water partition coefficient (Wildman–Crippen LogP) is 1.99. The fraction of sp³-hybridized carbons (Fsp3) is 0.611. The van der Waals surface area contributed by atoms with Crippen molar-refractivity contribution in [2.75, 3.05) is 33.2 Å². The molecule has 2 atom stereocenters. The molecular weight excluding hydrogens is 307 g/mol. The van der Waals surface area contributed by atoms with Crippen LogP contribution in [0.3, 0.4) is 0 Å². The highest BCUT2D eigenvalue weighted by Crippen LogP contribution is 2.10. The van der Waals surface area contributed by atoms with Crippen LogP contribution in [-0.4, -0.2) is 56.3 Å². The van der Waals surface area contributed by atoms with E-state index in [1.807, 2.05) is 0 Å². The molecule has 1 heterocycles. The largest absolute Gasteiger partial charge is 0.373 e. The molecule has 1 aromatic rings. The lowest BCUT2D eigenvalue weighted by atomic mass is 10.2. The molecule has 0 amide bonds. The molecule has 0 aromatic heterocycles. The molecule has 1 aliphatic heterocycles. The lowest BCUT2D eigenvalue weighted by Crippen LogP contribution is -2.46. The maximum atomic E-state index is 12.9. The molecular formula is C18H29FN4O. The number of hydrogen-bond acceptors (Lipinski definition) is 3. The van der Waals surface area contributed by atoms with E-state index in [4.69, 9.17) is 4.74 Å². The molecule has 2 unspecified atom stereocenters. The Kier molecular flexibility index (Phi) is 7.46. The van der Waals surface area contributed by atoms with E-state index < -0.39 is 0 Å². The lowest BCUT2D eigenvalue weighted by Gasteiger charge is -2.35. The molecule has 1 aliphatic rings. The Labute approximate surface area is 144 Å². The summed E-state index contributed by atoms with van der Waals surface area (Å²) in [7, 11) is 1.76. The topological polar surface area (TPSA) is 48.9 Å². The first-order valence-corrected chi connectivity index (χ1v) is 8.63. The van der Waals surface area contributed by atoms with E-state index in [0.717, 1.165) is 44.1 Å². The van der Waals surface area contributed by atoms with Gasteiger partial charge >= 0.3 is 0 Å². The van der Waals surface area contributed by atoms with Crippen LogP contribution in [0.25, 0.3) is 0 Å². The highest BCUT2D eigenvalue weighted by molar-refractivity contribution is 5.79. The number of guanidine groups is 1. The predicted molar refractivity (Wildman–Crippen MR) is 95.7 cm³/mol. The minimum atomic E-state index is -0.215. The third kappa shape index (κ3) is 6.45. The number of nitrogens with one attached hydrogen (secondary N) is 2. The summed E-state index contributed by atoms with van der Waals surface area (Å²) in [5.41, 5.74) is 1.02. The summed E-state index contributed by atoms with van der Waals surface area (Å²) >= 11 is 0. The summed E-state index contributed by atoms with van der Waals surface area (Å²) in [5, 5.41) is 6.56. The number of benzene rings is 1. The summed E-state index contributed by atoms with van der Waals surface area (Å²) in [6, 6.07) is 6.49. The Morgan fingerprint density at radius 3 is 2.50 bits per heavy atom. The van der Waals surface area contributed by atoms with Gasteiger partial charge in [0.2, 0.25) is 0 Å². The molecule has 5 nitrogen and oxygen atoms in total. The zero-order valence-electron chi connectivity index (χ0n) is 14.9. The van der Waals surface area contributed by atoms with Gasteiger partial charge in [0, 0.05) is 39.8 Å². The molecule has 0 aliphatic carbocycles. The number of aliphatic imine (C=N–C) groups is 1. The Morgan fingerprint density at radius 1 is 1.21 bits per heavy atom. The van der Waals surface area contributed by atoms with Gasteiger partial charge in [-0.2, -0.15) is 0 Å². The molecule has 0 saturated carbocycles. The van der Waals surface area contributed by atoms with E-state index in [1.165, 1.54) is 12.1 Å². The maximum Gasteiger partial charge on any atom is 0.191 e. The van der Waals surface area contributed by atoms with Gasteiger partial charge in [0.15, 0.2) is 5.96 Å². The van der Waals surface area contributed by atoms with Crippen molar-refractivity contribution in [1.29, 1.82) is 0 Å². The normalized spacial score (nSPS) is 22.4. The van der Waals surface area contributed by atoms with Crippen molar-refractivity contribution in [2.45, 2.75) is 39.0 Å². The van der Waals surface area contributed by atoms with Crippen molar-refractivity contribution in [3.63, 3.8) is 0 Å². The quantitative estimate of drug-likeness (QED) is 0.474. The minimum Gasteiger partial charge on any atom is -0.373 e. The summed E-state index contributed by atoms with van der Waals surface area (Å²) < 4.78 is 18.6. The van der Waals surface area contributed by atoms with E-state index >= 15 is 0 Å². The molecule has 1 saturated heterocycles. The average molecular weight is 336 g/mol. The Bertz CT molecular complexity index is 510. The lowest BCUT2D eigenvalue weighted by molar-refractivity contribution is -0.0679. The zero-order chi connectivity index (χ0) is 17.4. The van der Waals surface area contributed by atoms with E-state index in [0.29, 0.717) is 18.8 Å². The first kappa shape index (κ1) is 18.7. The molecule has 0 bridgehead atoms. The third-order valence-electron chi connectivity index (χ3n) is 4.04. The maximum absolute atomic E-state index is 12.9. The molecule has 1 aromatic carbocycles. The van der Waals surface area contributed by atoms with E-state index in [9.17, 15) is 4.39 Å². The fourth-order valence-electron chi connectivity index (χ4n) is 2.99. The standard InChI is InChI=1S/C18H29FN4O/c1-14-12-23(13-15(2)24-14)10-4-9-21-18(20-3)22-11-16-5-7-17(19)8-6-16/h5-8,14-15H,4,9-13H2,1-3H3,(H2,20,21,22). The second-order valence-electron chi connectivity index (χ2n) is 6.35. The van der Waals surface area contributed by atoms with Gasteiger partial charge in [-0.1, -0.05) is 12.1 Å². The first-order chi connectivity index (χ1) is 11.6. The Hall–Kier alpha value is -1.66. The van der Waals surface area contributed by atoms with E-state index in [2.05, 4.69) is 34.4 Å². The van der Waals surface area contributed by atoms with Crippen molar-refractivity contribution in [2.24, 2.45) is 4.99 Å². The van der Waals surface area contributed by atoms with E-state index in [-0.39, 0.29) is 5.82 Å². The highest BCUT2D eigenvalue weighted by atomic mass is 19.1. The third-order valence-corrected chi connectivity index (χ3v) is 4.04. The van der Waals surface area contributed by atoms with Crippen LogP contribution in [0.5, 0.6) is 0 Å². The van der Waals surface area contributed by atoms with Gasteiger partial charge in [-0.25, -0.2) is 4.39 Å². The molecule has 2 rings (SSSR count). The number of hydrogen-bond donors (Lipinski definition) is 2. The van der Waals surface area contributed by atoms with Gasteiger partial charge in [-0.15, -0.1) is 0 Å². The number of morpholine rings is 1. The van der Waals surface area contributed by atoms with Gasteiger partial charge in [0.25, 0.3) is 0 Å². The minimum absolute atomic E-state index is 0.215. The molecule has 0 radical (unpaired) electrons. The fourth-order valence-corrected chi connectivity index (χ4v) is 2.99. The number of halogens is 1. The summed E-state index contributed by atoms with van der Waals surface area (Å²) in [6.07, 6.45) is 1.68. The van der Waals surface area contributed by atoms with Crippen molar-refractivity contribution in [3.8, 4) is 0 Å². The van der Waals surface area contributed by atoms with E-state index in [1.54, 1.807) is 19.2 Å². The molecule has 2 N–H and O–H groups in total. The van der Waals surface area contributed by atoms with Crippen molar-refractivity contribution in [1.82, 2.24) is 15.5 Å². The highest BCUT2D eigenvalue weighted by Gasteiger charge is 2.21. The van der Waals surface area contributed by atoms with Crippen LogP contribution < -0.4 is 10.6 Å². The number of ether oxygens (including phenoxy) is 1. The average Bonchev–Trinajstić information content (AvgIpc) is 2.55. The molecule has 134 valence electrons. The smallest absolute Gasteiger partial charge is 0.191 e.